The summed E-state index contributed by atoms with van der Waals surface area (Å²) in [5.74, 6) is -0.587. The van der Waals surface area contributed by atoms with Crippen LogP contribution in [0.15, 0.2) is 59.8 Å². The predicted molar refractivity (Wildman–Crippen MR) is 85.6 cm³/mol. The molecular formula is C18H17FN2O2. The maximum absolute atomic E-state index is 13.7. The Labute approximate surface area is 134 Å². The van der Waals surface area contributed by atoms with Crippen molar-refractivity contribution < 1.29 is 14.0 Å². The second-order valence-corrected chi connectivity index (χ2v) is 5.34. The molecule has 0 saturated heterocycles. The zero-order valence-corrected chi connectivity index (χ0v) is 12.5. The summed E-state index contributed by atoms with van der Waals surface area (Å²) < 4.78 is 13.7. The van der Waals surface area contributed by atoms with Gasteiger partial charge in [-0.25, -0.2) is 4.39 Å². The Balaban J connectivity index is 1.50. The summed E-state index contributed by atoms with van der Waals surface area (Å²) in [7, 11) is 0. The molecule has 118 valence electrons. The first-order valence-corrected chi connectivity index (χ1v) is 7.53. The maximum Gasteiger partial charge on any atom is 0.264 e. The summed E-state index contributed by atoms with van der Waals surface area (Å²) in [6, 6.07) is 16.2. The van der Waals surface area contributed by atoms with Crippen LogP contribution in [-0.2, 0) is 16.1 Å². The van der Waals surface area contributed by atoms with E-state index in [9.17, 15) is 9.18 Å². The van der Waals surface area contributed by atoms with Crippen LogP contribution in [0.25, 0.3) is 0 Å². The number of nitrogens with zero attached hydrogens (tertiary/aromatic N) is 1. The van der Waals surface area contributed by atoms with Gasteiger partial charge < -0.3 is 10.2 Å². The Morgan fingerprint density at radius 1 is 1.17 bits per heavy atom. The van der Waals surface area contributed by atoms with E-state index in [1.807, 2.05) is 30.3 Å². The Kier molecular flexibility index (Phi) is 4.66. The predicted octanol–water partition coefficient (Wildman–Crippen LogP) is 2.68. The van der Waals surface area contributed by atoms with Gasteiger partial charge in [-0.3, -0.25) is 4.79 Å². The number of hydrogen-bond donors (Lipinski definition) is 1. The van der Waals surface area contributed by atoms with Gasteiger partial charge in [0.15, 0.2) is 0 Å². The van der Waals surface area contributed by atoms with Crippen LogP contribution in [0.3, 0.4) is 0 Å². The van der Waals surface area contributed by atoms with E-state index in [1.54, 1.807) is 18.2 Å². The van der Waals surface area contributed by atoms with Gasteiger partial charge in [-0.2, -0.15) is 0 Å². The van der Waals surface area contributed by atoms with Crippen LogP contribution in [0.4, 0.5) is 4.39 Å². The van der Waals surface area contributed by atoms with Crippen molar-refractivity contribution in [2.45, 2.75) is 18.9 Å². The normalized spacial score (nSPS) is 16.6. The summed E-state index contributed by atoms with van der Waals surface area (Å²) in [4.78, 5) is 17.2. The van der Waals surface area contributed by atoms with Gasteiger partial charge in [-0.05, 0) is 18.1 Å². The number of halogens is 1. The highest BCUT2D eigenvalue weighted by Crippen LogP contribution is 2.19. The maximum atomic E-state index is 13.7. The Morgan fingerprint density at radius 2 is 1.91 bits per heavy atom. The van der Waals surface area contributed by atoms with Gasteiger partial charge in [0.2, 0.25) is 6.10 Å². The Bertz CT molecular complexity index is 716. The molecule has 0 bridgehead atoms. The molecule has 0 spiro atoms. The van der Waals surface area contributed by atoms with Crippen LogP contribution in [0.5, 0.6) is 0 Å². The van der Waals surface area contributed by atoms with E-state index >= 15 is 0 Å². The number of hydrogen-bond acceptors (Lipinski definition) is 3. The number of benzene rings is 2. The lowest BCUT2D eigenvalue weighted by atomic mass is 10.0. The molecule has 1 N–H and O–H groups in total. The van der Waals surface area contributed by atoms with E-state index in [4.69, 9.17) is 4.84 Å². The van der Waals surface area contributed by atoms with Gasteiger partial charge in [0.25, 0.3) is 5.91 Å². The van der Waals surface area contributed by atoms with E-state index < -0.39 is 6.10 Å². The van der Waals surface area contributed by atoms with Crippen LogP contribution in [0.2, 0.25) is 0 Å². The zero-order chi connectivity index (χ0) is 16.1. The molecule has 2 aromatic rings. The van der Waals surface area contributed by atoms with Crippen LogP contribution < -0.4 is 5.32 Å². The highest BCUT2D eigenvalue weighted by atomic mass is 19.1. The first kappa shape index (κ1) is 15.2. The number of oxime groups is 1. The van der Waals surface area contributed by atoms with E-state index in [1.165, 1.54) is 6.07 Å². The highest BCUT2D eigenvalue weighted by molar-refractivity contribution is 6.04. The zero-order valence-electron chi connectivity index (χ0n) is 12.5. The minimum Gasteiger partial charge on any atom is -0.382 e. The second-order valence-electron chi connectivity index (χ2n) is 5.34. The van der Waals surface area contributed by atoms with Gasteiger partial charge in [-0.15, -0.1) is 0 Å². The third kappa shape index (κ3) is 3.74. The van der Waals surface area contributed by atoms with Gasteiger partial charge in [-0.1, -0.05) is 53.7 Å². The van der Waals surface area contributed by atoms with Crippen molar-refractivity contribution in [1.29, 1.82) is 0 Å². The summed E-state index contributed by atoms with van der Waals surface area (Å²) in [5.41, 5.74) is 2.00. The molecule has 1 unspecified atom stereocenters. The van der Waals surface area contributed by atoms with E-state index in [0.717, 1.165) is 12.0 Å². The number of rotatable bonds is 5. The van der Waals surface area contributed by atoms with Crippen molar-refractivity contribution in [3.05, 3.63) is 71.5 Å². The fraction of sp³-hybridized carbons (Fsp3) is 0.222. The average Bonchev–Trinajstić information content (AvgIpc) is 3.06. The second kappa shape index (κ2) is 7.05. The first-order valence-electron chi connectivity index (χ1n) is 7.53. The van der Waals surface area contributed by atoms with Crippen molar-refractivity contribution in [3.8, 4) is 0 Å². The number of nitrogens with one attached hydrogen (secondary N) is 1. The lowest BCUT2D eigenvalue weighted by Crippen LogP contribution is -2.36. The molecule has 2 aromatic carbocycles. The number of amides is 1. The monoisotopic (exact) mass is 312 g/mol. The van der Waals surface area contributed by atoms with Gasteiger partial charge in [0.05, 0.1) is 5.71 Å². The topological polar surface area (TPSA) is 50.7 Å². The van der Waals surface area contributed by atoms with Gasteiger partial charge >= 0.3 is 0 Å². The third-order valence-corrected chi connectivity index (χ3v) is 3.70. The Hall–Kier alpha value is -2.69. The van der Waals surface area contributed by atoms with Crippen LogP contribution in [0, 0.1) is 5.82 Å². The molecule has 1 amide bonds. The highest BCUT2D eigenvalue weighted by Gasteiger charge is 2.29. The Morgan fingerprint density at radius 3 is 2.70 bits per heavy atom. The van der Waals surface area contributed by atoms with Crippen LogP contribution >= 0.6 is 0 Å². The minimum atomic E-state index is -0.694. The molecule has 1 atom stereocenters. The molecule has 0 aliphatic carbocycles. The smallest absolute Gasteiger partial charge is 0.264 e. The SMILES string of the molecule is O=C(NCCc1ccccc1)C1CC(c2ccccc2F)=NO1. The largest absolute Gasteiger partial charge is 0.382 e. The molecule has 1 heterocycles. The summed E-state index contributed by atoms with van der Waals surface area (Å²) >= 11 is 0. The van der Waals surface area contributed by atoms with Crippen LogP contribution in [0.1, 0.15) is 17.5 Å². The number of carbonyl (C=O) groups is 1. The molecule has 23 heavy (non-hydrogen) atoms. The third-order valence-electron chi connectivity index (χ3n) is 3.70. The van der Waals surface area contributed by atoms with Crippen molar-refractivity contribution in [2.24, 2.45) is 5.16 Å². The minimum absolute atomic E-state index is 0.226. The molecule has 1 aliphatic heterocycles. The first-order chi connectivity index (χ1) is 11.2. The molecular weight excluding hydrogens is 295 g/mol. The van der Waals surface area contributed by atoms with Crippen molar-refractivity contribution in [3.63, 3.8) is 0 Å². The summed E-state index contributed by atoms with van der Waals surface area (Å²) in [6.45, 7) is 0.526. The molecule has 1 aliphatic rings. The van der Waals surface area contributed by atoms with Gasteiger partial charge in [0.1, 0.15) is 5.82 Å². The van der Waals surface area contributed by atoms with Crippen molar-refractivity contribution in [1.82, 2.24) is 5.32 Å². The standard InChI is InChI=1S/C18H17FN2O2/c19-15-9-5-4-8-14(15)16-12-17(23-21-16)18(22)20-11-10-13-6-2-1-3-7-13/h1-9,17H,10-12H2,(H,20,22). The lowest BCUT2D eigenvalue weighted by molar-refractivity contribution is -0.131. The molecule has 4 nitrogen and oxygen atoms in total. The molecule has 0 saturated carbocycles. The molecule has 0 aromatic heterocycles. The molecule has 5 heteroatoms. The summed E-state index contributed by atoms with van der Waals surface area (Å²) in [5, 5.41) is 6.68. The van der Waals surface area contributed by atoms with Crippen LogP contribution in [-0.4, -0.2) is 24.3 Å². The quantitative estimate of drug-likeness (QED) is 0.923. The molecule has 3 rings (SSSR count). The van der Waals surface area contributed by atoms with E-state index in [-0.39, 0.29) is 18.1 Å². The lowest BCUT2D eigenvalue weighted by Gasteiger charge is -2.09. The average molecular weight is 312 g/mol. The summed E-state index contributed by atoms with van der Waals surface area (Å²) in [6.07, 6.45) is 0.332. The van der Waals surface area contributed by atoms with Crippen molar-refractivity contribution in [2.75, 3.05) is 6.54 Å². The van der Waals surface area contributed by atoms with Gasteiger partial charge in [0, 0.05) is 18.5 Å². The fourth-order valence-corrected chi connectivity index (χ4v) is 2.46. The van der Waals surface area contributed by atoms with E-state index in [0.29, 0.717) is 17.8 Å². The molecule has 0 fully saturated rings. The molecule has 0 radical (unpaired) electrons. The van der Waals surface area contributed by atoms with E-state index in [2.05, 4.69) is 10.5 Å². The van der Waals surface area contributed by atoms with Crippen molar-refractivity contribution >= 4 is 11.6 Å². The number of carbonyl (C=O) groups excluding carboxylic acids is 1. The fourth-order valence-electron chi connectivity index (χ4n) is 2.46.